The lowest BCUT2D eigenvalue weighted by Crippen LogP contribution is -2.54. The van der Waals surface area contributed by atoms with Crippen molar-refractivity contribution in [3.63, 3.8) is 0 Å². The first-order valence-electron chi connectivity index (χ1n) is 13.0. The zero-order valence-electron chi connectivity index (χ0n) is 20.7. The van der Waals surface area contributed by atoms with Crippen LogP contribution in [-0.2, 0) is 31.4 Å². The van der Waals surface area contributed by atoms with Crippen LogP contribution in [0, 0.1) is 23.7 Å². The van der Waals surface area contributed by atoms with Crippen LogP contribution in [0.25, 0.3) is 0 Å². The lowest BCUT2D eigenvalue weighted by Gasteiger charge is -2.44. The quantitative estimate of drug-likeness (QED) is 0.475. The molecule has 5 aliphatic rings. The normalized spacial score (nSPS) is 30.5. The van der Waals surface area contributed by atoms with E-state index in [1.165, 1.54) is 31.4 Å². The Labute approximate surface area is 217 Å². The molecule has 4 atom stereocenters. The third kappa shape index (κ3) is 4.36. The third-order valence-electron chi connectivity index (χ3n) is 8.85. The summed E-state index contributed by atoms with van der Waals surface area (Å²) in [5.74, 6) is 0.538. The number of hydrogen-bond donors (Lipinski definition) is 3. The van der Waals surface area contributed by atoms with Crippen LogP contribution in [0.5, 0.6) is 0 Å². The summed E-state index contributed by atoms with van der Waals surface area (Å²) >= 11 is 0. The van der Waals surface area contributed by atoms with Gasteiger partial charge in [0.2, 0.25) is 10.0 Å². The fraction of sp³-hybridized carbons (Fsp3) is 0.600. The molecule has 2 heterocycles. The molecule has 12 heteroatoms. The van der Waals surface area contributed by atoms with Gasteiger partial charge >= 0.3 is 0 Å². The topological polar surface area (TPSA) is 145 Å². The van der Waals surface area contributed by atoms with Crippen LogP contribution in [0.2, 0.25) is 0 Å². The van der Waals surface area contributed by atoms with E-state index in [2.05, 4.69) is 14.4 Å². The fourth-order valence-electron chi connectivity index (χ4n) is 6.86. The number of nitrogens with zero attached hydrogens (tertiary/aromatic N) is 2. The summed E-state index contributed by atoms with van der Waals surface area (Å²) in [7, 11) is -7.65. The minimum absolute atomic E-state index is 0.0342. The predicted octanol–water partition coefficient (Wildman–Crippen LogP) is 2.51. The largest absolute Gasteiger partial charge is 0.511 e. The van der Waals surface area contributed by atoms with Crippen LogP contribution in [-0.4, -0.2) is 57.4 Å². The lowest BCUT2D eigenvalue weighted by atomic mass is 9.77. The highest BCUT2D eigenvalue weighted by Gasteiger charge is 2.57. The van der Waals surface area contributed by atoms with Gasteiger partial charge in [0.15, 0.2) is 5.84 Å². The van der Waals surface area contributed by atoms with Crippen molar-refractivity contribution in [3.8, 4) is 0 Å². The number of carbonyl (C=O) groups is 1. The number of benzene rings is 1. The molecular formula is C25H32N4O6S2. The van der Waals surface area contributed by atoms with E-state index in [0.717, 1.165) is 31.9 Å². The molecule has 0 radical (unpaired) electrons. The number of anilines is 1. The summed E-state index contributed by atoms with van der Waals surface area (Å²) in [5, 5.41) is 14.4. The summed E-state index contributed by atoms with van der Waals surface area (Å²) in [5.41, 5.74) is 0.646. The van der Waals surface area contributed by atoms with Crippen molar-refractivity contribution in [1.82, 2.24) is 9.62 Å². The van der Waals surface area contributed by atoms with Crippen molar-refractivity contribution >= 4 is 37.5 Å². The Hall–Kier alpha value is -2.44. The van der Waals surface area contributed by atoms with E-state index < -0.39 is 20.0 Å². The highest BCUT2D eigenvalue weighted by atomic mass is 32.2. The van der Waals surface area contributed by atoms with Crippen LogP contribution in [0.4, 0.5) is 5.69 Å². The van der Waals surface area contributed by atoms with Gasteiger partial charge in [-0.05, 0) is 61.1 Å². The number of sulfonamides is 2. The Kier molecular flexibility index (Phi) is 5.92. The van der Waals surface area contributed by atoms with Crippen LogP contribution in [0.1, 0.15) is 50.5 Å². The second-order valence-electron chi connectivity index (χ2n) is 11.2. The Bertz CT molecular complexity index is 1430. The first-order valence-corrected chi connectivity index (χ1v) is 16.3. The number of amides is 1. The number of fused-ring (bicyclic) bond motifs is 6. The fourth-order valence-corrected chi connectivity index (χ4v) is 8.46. The van der Waals surface area contributed by atoms with Gasteiger partial charge in [0.1, 0.15) is 16.2 Å². The molecule has 0 unspecified atom stereocenters. The zero-order chi connectivity index (χ0) is 26.1. The minimum Gasteiger partial charge on any atom is -0.511 e. The molecule has 200 valence electrons. The Balaban J connectivity index is 1.34. The molecule has 2 bridgehead atoms. The van der Waals surface area contributed by atoms with Gasteiger partial charge in [-0.2, -0.15) is 8.42 Å². The van der Waals surface area contributed by atoms with Crippen LogP contribution >= 0.6 is 0 Å². The molecule has 3 fully saturated rings. The molecule has 2 aliphatic heterocycles. The molecule has 37 heavy (non-hydrogen) atoms. The van der Waals surface area contributed by atoms with Gasteiger partial charge in [-0.25, -0.2) is 13.1 Å². The number of aliphatic hydroxyl groups excluding tert-OH is 1. The van der Waals surface area contributed by atoms with Crippen molar-refractivity contribution in [2.45, 2.75) is 62.4 Å². The summed E-state index contributed by atoms with van der Waals surface area (Å²) in [6, 6.07) is 4.47. The smallest absolute Gasteiger partial charge is 0.286 e. The maximum Gasteiger partial charge on any atom is 0.286 e. The highest BCUT2D eigenvalue weighted by Crippen LogP contribution is 2.55. The van der Waals surface area contributed by atoms with Gasteiger partial charge in [0.25, 0.3) is 15.9 Å². The van der Waals surface area contributed by atoms with Crippen molar-refractivity contribution in [2.24, 2.45) is 28.1 Å². The third-order valence-corrected chi connectivity index (χ3v) is 10.8. The van der Waals surface area contributed by atoms with E-state index >= 15 is 0 Å². The van der Waals surface area contributed by atoms with Gasteiger partial charge in [-0.15, -0.1) is 4.40 Å². The van der Waals surface area contributed by atoms with Gasteiger partial charge < -0.3 is 15.3 Å². The maximum atomic E-state index is 13.9. The molecule has 0 aromatic heterocycles. The van der Waals surface area contributed by atoms with Gasteiger partial charge in [0, 0.05) is 25.0 Å². The Morgan fingerprint density at radius 2 is 1.95 bits per heavy atom. The average Bonchev–Trinajstić information content (AvgIpc) is 3.40. The summed E-state index contributed by atoms with van der Waals surface area (Å²) < 4.78 is 55.5. The Morgan fingerprint density at radius 1 is 1.19 bits per heavy atom. The monoisotopic (exact) mass is 548 g/mol. The standard InChI is InChI=1S/C25H32N4O6S2/c1-36(32,33)26-13-15-5-8-18-19(11-15)37(34,35)28-24(27-18)21-23(30)20-16-6-7-17(12-16)22(20)29(25(21)31)10-9-14-3-2-4-14/h5,8,11,14,16-17,20,22,26,30H,2-4,6-7,9-10,12-13H2,1H3,(H,27,28)/t16-,17+,20+,22-/m0/s1. The molecule has 3 N–H and O–H groups in total. The number of aliphatic hydroxyl groups is 1. The molecular weight excluding hydrogens is 516 g/mol. The number of nitrogens with one attached hydrogen (secondary N) is 2. The second kappa shape index (κ2) is 8.81. The van der Waals surface area contributed by atoms with Crippen molar-refractivity contribution in [1.29, 1.82) is 0 Å². The van der Waals surface area contributed by atoms with Gasteiger partial charge in [-0.1, -0.05) is 25.3 Å². The van der Waals surface area contributed by atoms with E-state index in [1.807, 2.05) is 4.90 Å². The molecule has 10 nitrogen and oxygen atoms in total. The second-order valence-corrected chi connectivity index (χ2v) is 14.6. The molecule has 0 saturated heterocycles. The molecule has 6 rings (SSSR count). The van der Waals surface area contributed by atoms with E-state index in [1.54, 1.807) is 6.07 Å². The van der Waals surface area contributed by atoms with E-state index in [-0.39, 0.29) is 58.1 Å². The summed E-state index contributed by atoms with van der Waals surface area (Å²) in [6.07, 6.45) is 8.57. The minimum atomic E-state index is -4.20. The van der Waals surface area contributed by atoms with Gasteiger partial charge in [0.05, 0.1) is 11.9 Å². The number of rotatable bonds is 7. The van der Waals surface area contributed by atoms with E-state index in [0.29, 0.717) is 23.9 Å². The van der Waals surface area contributed by atoms with Crippen LogP contribution in [0.3, 0.4) is 0 Å². The lowest BCUT2D eigenvalue weighted by molar-refractivity contribution is -0.133. The number of amidine groups is 1. The Morgan fingerprint density at radius 3 is 2.65 bits per heavy atom. The average molecular weight is 549 g/mol. The zero-order valence-corrected chi connectivity index (χ0v) is 22.3. The summed E-state index contributed by atoms with van der Waals surface area (Å²) in [6.45, 7) is 0.544. The van der Waals surface area contributed by atoms with Crippen LogP contribution < -0.4 is 10.0 Å². The molecule has 3 aliphatic carbocycles. The first kappa shape index (κ1) is 24.9. The van der Waals surface area contributed by atoms with E-state index in [4.69, 9.17) is 0 Å². The van der Waals surface area contributed by atoms with Crippen LogP contribution in [0.15, 0.2) is 38.8 Å². The van der Waals surface area contributed by atoms with Gasteiger partial charge in [-0.3, -0.25) is 4.79 Å². The van der Waals surface area contributed by atoms with E-state index in [9.17, 15) is 26.7 Å². The molecule has 1 amide bonds. The first-order chi connectivity index (χ1) is 17.5. The SMILES string of the molecule is CS(=O)(=O)NCc1ccc2c(c1)S(=O)(=O)N=C(C1=C(O)[C@@H]3[C@H]4CC[C@H](C4)[C@@H]3N(CCC3CCC3)C1=O)N2. The highest BCUT2D eigenvalue weighted by molar-refractivity contribution is 7.90. The van der Waals surface area contributed by atoms with Crippen molar-refractivity contribution < 1.29 is 26.7 Å². The van der Waals surface area contributed by atoms with Crippen molar-refractivity contribution in [3.05, 3.63) is 35.1 Å². The maximum absolute atomic E-state index is 13.9. The molecule has 1 aromatic carbocycles. The van der Waals surface area contributed by atoms with Crippen molar-refractivity contribution in [2.75, 3.05) is 18.1 Å². The predicted molar refractivity (Wildman–Crippen MR) is 138 cm³/mol. The molecule has 0 spiro atoms. The number of hydrogen-bond acceptors (Lipinski definition) is 7. The molecule has 1 aromatic rings. The summed E-state index contributed by atoms with van der Waals surface area (Å²) in [4.78, 5) is 15.6. The molecule has 3 saturated carbocycles. The number of carbonyl (C=O) groups excluding carboxylic acids is 1.